The van der Waals surface area contributed by atoms with E-state index in [1.165, 1.54) is 29.9 Å². The van der Waals surface area contributed by atoms with Crippen molar-refractivity contribution in [1.82, 2.24) is 9.55 Å². The van der Waals surface area contributed by atoms with Gasteiger partial charge < -0.3 is 10.1 Å². The predicted octanol–water partition coefficient (Wildman–Crippen LogP) is 4.69. The summed E-state index contributed by atoms with van der Waals surface area (Å²) in [6, 6.07) is 17.9. The molecule has 1 N–H and O–H groups in total. The van der Waals surface area contributed by atoms with Gasteiger partial charge in [-0.25, -0.2) is 4.98 Å². The fraction of sp³-hybridized carbons (Fsp3) is 0.0870. The lowest BCUT2D eigenvalue weighted by molar-refractivity contribution is -0.384. The van der Waals surface area contributed by atoms with Gasteiger partial charge in [0.05, 0.1) is 34.4 Å². The average Bonchev–Trinajstić information content (AvgIpc) is 2.84. The normalized spacial score (nSPS) is 10.8. The molecule has 4 rings (SSSR count). The van der Waals surface area contributed by atoms with Gasteiger partial charge in [-0.1, -0.05) is 47.6 Å². The maximum atomic E-state index is 13.4. The molecule has 0 aliphatic rings. The maximum absolute atomic E-state index is 13.4. The number of methoxy groups -OCH3 is 1. The fourth-order valence-corrected chi connectivity index (χ4v) is 4.29. The van der Waals surface area contributed by atoms with Gasteiger partial charge in [0, 0.05) is 11.8 Å². The molecule has 0 saturated heterocycles. The number of fused-ring (bicyclic) bond motifs is 1. The number of nitro benzene ring substituents is 1. The summed E-state index contributed by atoms with van der Waals surface area (Å²) < 4.78 is 6.83. The molecular weight excluding hydrogens is 480 g/mol. The lowest BCUT2D eigenvalue weighted by Gasteiger charge is -2.15. The number of ether oxygens (including phenoxy) is 1. The minimum Gasteiger partial charge on any atom is -0.495 e. The number of hydrogen-bond donors (Lipinski definition) is 1. The first kappa shape index (κ1) is 23.3. The molecular formula is C23H17ClN4O5S. The molecule has 0 aliphatic carbocycles. The van der Waals surface area contributed by atoms with E-state index in [-0.39, 0.29) is 27.7 Å². The van der Waals surface area contributed by atoms with E-state index in [1.54, 1.807) is 48.5 Å². The molecule has 0 aliphatic heterocycles. The van der Waals surface area contributed by atoms with Crippen LogP contribution >= 0.6 is 23.4 Å². The molecule has 0 unspecified atom stereocenters. The second kappa shape index (κ2) is 9.94. The second-order valence-electron chi connectivity index (χ2n) is 6.98. The van der Waals surface area contributed by atoms with Crippen molar-refractivity contribution in [3.05, 3.63) is 92.2 Å². The standard InChI is InChI=1S/C23H17ClN4O5S/c1-33-20-9-5-4-8-18(20)27-22(30)15-6-2-3-7-17(15)26-23(27)34-13-21(29)25-14-10-11-16(24)19(12-14)28(31)32/h2-12H,13H2,1H3,(H,25,29). The molecule has 0 fully saturated rings. The van der Waals surface area contributed by atoms with Crippen LogP contribution in [0.15, 0.2) is 76.7 Å². The first-order valence-electron chi connectivity index (χ1n) is 9.91. The number of thioether (sulfide) groups is 1. The third-order valence-electron chi connectivity index (χ3n) is 4.83. The molecule has 172 valence electrons. The van der Waals surface area contributed by atoms with E-state index in [2.05, 4.69) is 10.3 Å². The van der Waals surface area contributed by atoms with Crippen LogP contribution in [-0.4, -0.2) is 33.2 Å². The number of benzene rings is 3. The van der Waals surface area contributed by atoms with Crippen LogP contribution in [0.1, 0.15) is 0 Å². The zero-order chi connectivity index (χ0) is 24.2. The van der Waals surface area contributed by atoms with Crippen molar-refractivity contribution >= 4 is 51.5 Å². The van der Waals surface area contributed by atoms with Crippen LogP contribution in [0, 0.1) is 10.1 Å². The van der Waals surface area contributed by atoms with Crippen LogP contribution in [-0.2, 0) is 4.79 Å². The molecule has 34 heavy (non-hydrogen) atoms. The van der Waals surface area contributed by atoms with Gasteiger partial charge in [-0.05, 0) is 36.4 Å². The third-order valence-corrected chi connectivity index (χ3v) is 6.09. The van der Waals surface area contributed by atoms with Crippen LogP contribution in [0.5, 0.6) is 5.75 Å². The third kappa shape index (κ3) is 4.73. The summed E-state index contributed by atoms with van der Waals surface area (Å²) in [7, 11) is 1.50. The molecule has 1 heterocycles. The Morgan fingerprint density at radius 1 is 1.18 bits per heavy atom. The van der Waals surface area contributed by atoms with Crippen LogP contribution in [0.4, 0.5) is 11.4 Å². The maximum Gasteiger partial charge on any atom is 0.289 e. The summed E-state index contributed by atoms with van der Waals surface area (Å²) in [5.74, 6) is -0.0619. The van der Waals surface area contributed by atoms with E-state index >= 15 is 0 Å². The Kier molecular flexibility index (Phi) is 6.80. The van der Waals surface area contributed by atoms with Crippen molar-refractivity contribution in [2.75, 3.05) is 18.2 Å². The number of nitro groups is 1. The van der Waals surface area contributed by atoms with Gasteiger partial charge in [-0.3, -0.25) is 24.3 Å². The van der Waals surface area contributed by atoms with Crippen molar-refractivity contribution in [2.24, 2.45) is 0 Å². The highest BCUT2D eigenvalue weighted by Gasteiger charge is 2.18. The summed E-state index contributed by atoms with van der Waals surface area (Å²) in [6.45, 7) is 0. The van der Waals surface area contributed by atoms with Gasteiger partial charge in [0.25, 0.3) is 11.2 Å². The Morgan fingerprint density at radius 2 is 1.91 bits per heavy atom. The Bertz CT molecular complexity index is 1470. The number of para-hydroxylation sites is 3. The Balaban J connectivity index is 1.67. The topological polar surface area (TPSA) is 116 Å². The van der Waals surface area contributed by atoms with Gasteiger partial charge >= 0.3 is 0 Å². The molecule has 1 aromatic heterocycles. The van der Waals surface area contributed by atoms with Crippen molar-refractivity contribution in [3.8, 4) is 11.4 Å². The van der Waals surface area contributed by atoms with Crippen LogP contribution in [0.2, 0.25) is 5.02 Å². The van der Waals surface area contributed by atoms with E-state index in [9.17, 15) is 19.7 Å². The van der Waals surface area contributed by atoms with E-state index in [1.807, 2.05) is 0 Å². The molecule has 0 bridgehead atoms. The average molecular weight is 497 g/mol. The zero-order valence-electron chi connectivity index (χ0n) is 17.7. The lowest BCUT2D eigenvalue weighted by Crippen LogP contribution is -2.23. The molecule has 4 aromatic rings. The summed E-state index contributed by atoms with van der Waals surface area (Å²) in [6.07, 6.45) is 0. The number of nitrogens with zero attached hydrogens (tertiary/aromatic N) is 3. The van der Waals surface area contributed by atoms with Gasteiger partial charge in [0.15, 0.2) is 5.16 Å². The molecule has 0 spiro atoms. The smallest absolute Gasteiger partial charge is 0.289 e. The summed E-state index contributed by atoms with van der Waals surface area (Å²) in [5, 5.41) is 14.4. The summed E-state index contributed by atoms with van der Waals surface area (Å²) in [4.78, 5) is 41.0. The van der Waals surface area contributed by atoms with E-state index in [4.69, 9.17) is 16.3 Å². The Labute approximate surface area is 202 Å². The Hall–Kier alpha value is -3.89. The molecule has 11 heteroatoms. The van der Waals surface area contributed by atoms with Crippen LogP contribution in [0.3, 0.4) is 0 Å². The highest BCUT2D eigenvalue weighted by atomic mass is 35.5. The quantitative estimate of drug-likeness (QED) is 0.171. The van der Waals surface area contributed by atoms with Gasteiger partial charge in [-0.2, -0.15) is 0 Å². The highest BCUT2D eigenvalue weighted by Crippen LogP contribution is 2.29. The number of carbonyl (C=O) groups is 1. The van der Waals surface area contributed by atoms with Gasteiger partial charge in [0.2, 0.25) is 5.91 Å². The van der Waals surface area contributed by atoms with Crippen molar-refractivity contribution < 1.29 is 14.5 Å². The fourth-order valence-electron chi connectivity index (χ4n) is 3.29. The first-order chi connectivity index (χ1) is 16.4. The number of halogens is 1. The largest absolute Gasteiger partial charge is 0.495 e. The number of anilines is 1. The molecule has 3 aromatic carbocycles. The first-order valence-corrected chi connectivity index (χ1v) is 11.3. The number of nitrogens with one attached hydrogen (secondary N) is 1. The molecule has 1 amide bonds. The minimum atomic E-state index is -0.627. The number of aromatic nitrogens is 2. The summed E-state index contributed by atoms with van der Waals surface area (Å²) in [5.41, 5.74) is 0.606. The SMILES string of the molecule is COc1ccccc1-n1c(SCC(=O)Nc2ccc(Cl)c([N+](=O)[O-])c2)nc2ccccc2c1=O. The van der Waals surface area contributed by atoms with Gasteiger partial charge in [-0.15, -0.1) is 0 Å². The lowest BCUT2D eigenvalue weighted by atomic mass is 10.2. The predicted molar refractivity (Wildman–Crippen MR) is 131 cm³/mol. The zero-order valence-corrected chi connectivity index (χ0v) is 19.3. The van der Waals surface area contributed by atoms with Crippen LogP contribution < -0.4 is 15.6 Å². The van der Waals surface area contributed by atoms with E-state index in [0.29, 0.717) is 27.5 Å². The van der Waals surface area contributed by atoms with E-state index in [0.717, 1.165) is 11.8 Å². The molecule has 0 saturated carbocycles. The molecule has 9 nitrogen and oxygen atoms in total. The highest BCUT2D eigenvalue weighted by molar-refractivity contribution is 7.99. The van der Waals surface area contributed by atoms with Gasteiger partial charge in [0.1, 0.15) is 10.8 Å². The second-order valence-corrected chi connectivity index (χ2v) is 8.33. The minimum absolute atomic E-state index is 0.0291. The van der Waals surface area contributed by atoms with E-state index < -0.39 is 10.8 Å². The molecule has 0 radical (unpaired) electrons. The number of hydrogen-bond acceptors (Lipinski definition) is 7. The van der Waals surface area contributed by atoms with Crippen LogP contribution in [0.25, 0.3) is 16.6 Å². The van der Waals surface area contributed by atoms with Crippen molar-refractivity contribution in [1.29, 1.82) is 0 Å². The number of rotatable bonds is 7. The Morgan fingerprint density at radius 3 is 2.68 bits per heavy atom. The summed E-state index contributed by atoms with van der Waals surface area (Å²) >= 11 is 6.88. The van der Waals surface area contributed by atoms with Crippen molar-refractivity contribution in [3.63, 3.8) is 0 Å². The monoisotopic (exact) mass is 496 g/mol. The molecule has 0 atom stereocenters. The number of carbonyl (C=O) groups excluding carboxylic acids is 1. The van der Waals surface area contributed by atoms with Crippen molar-refractivity contribution in [2.45, 2.75) is 5.16 Å². The number of amides is 1.